The average Bonchev–Trinajstić information content (AvgIpc) is 3.51. The van der Waals surface area contributed by atoms with Crippen molar-refractivity contribution >= 4 is 17.9 Å². The highest BCUT2D eigenvalue weighted by molar-refractivity contribution is 6.00. The predicted molar refractivity (Wildman–Crippen MR) is 108 cm³/mol. The van der Waals surface area contributed by atoms with Crippen LogP contribution in [0.1, 0.15) is 74.1 Å². The molecule has 1 aliphatic heterocycles. The molecule has 1 saturated heterocycles. The number of ether oxygens (including phenoxy) is 1. The molecule has 0 atom stereocenters. The van der Waals surface area contributed by atoms with Gasteiger partial charge in [-0.3, -0.25) is 9.59 Å². The molecule has 176 valence electrons. The number of rotatable bonds is 4. The Kier molecular flexibility index (Phi) is 6.14. The number of hydrogen-bond acceptors (Lipinski definition) is 5. The van der Waals surface area contributed by atoms with E-state index >= 15 is 0 Å². The standard InChI is InChI=1S/C21H27F3N4O4/c1-19(2,3)32-18(31)28-10-8-20(9-11-28,17(25)30)27-16(29)13-6-7-14(21(22,23)24)26-15(13)12-4-5-12/h6-7,12H,4-5,8-11H2,1-3H3,(H2,25,30)(H,27,29). The molecule has 3 rings (SSSR count). The second-order valence-corrected chi connectivity index (χ2v) is 9.27. The van der Waals surface area contributed by atoms with E-state index in [1.54, 1.807) is 20.8 Å². The highest BCUT2D eigenvalue weighted by Gasteiger charge is 2.44. The van der Waals surface area contributed by atoms with Gasteiger partial charge in [0.05, 0.1) is 11.3 Å². The first kappa shape index (κ1) is 23.8. The zero-order valence-electron chi connectivity index (χ0n) is 18.2. The summed E-state index contributed by atoms with van der Waals surface area (Å²) in [4.78, 5) is 42.7. The molecule has 0 unspecified atom stereocenters. The van der Waals surface area contributed by atoms with E-state index in [4.69, 9.17) is 10.5 Å². The summed E-state index contributed by atoms with van der Waals surface area (Å²) in [5, 5.41) is 2.62. The van der Waals surface area contributed by atoms with Gasteiger partial charge < -0.3 is 20.7 Å². The van der Waals surface area contributed by atoms with Crippen LogP contribution in [0.2, 0.25) is 0 Å². The predicted octanol–water partition coefficient (Wildman–Crippen LogP) is 2.96. The van der Waals surface area contributed by atoms with E-state index in [1.807, 2.05) is 0 Å². The smallest absolute Gasteiger partial charge is 0.433 e. The van der Waals surface area contributed by atoms with Crippen molar-refractivity contribution < 1.29 is 32.3 Å². The van der Waals surface area contributed by atoms with Crippen LogP contribution in [-0.2, 0) is 15.7 Å². The molecule has 2 aliphatic rings. The fourth-order valence-corrected chi connectivity index (χ4v) is 3.61. The van der Waals surface area contributed by atoms with Gasteiger partial charge in [0.1, 0.15) is 16.8 Å². The molecule has 3 amide bonds. The molecule has 11 heteroatoms. The van der Waals surface area contributed by atoms with Crippen molar-refractivity contribution in [2.45, 2.75) is 69.7 Å². The quantitative estimate of drug-likeness (QED) is 0.723. The highest BCUT2D eigenvalue weighted by Crippen LogP contribution is 2.42. The van der Waals surface area contributed by atoms with Crippen LogP contribution in [0.4, 0.5) is 18.0 Å². The van der Waals surface area contributed by atoms with Crippen LogP contribution in [0.15, 0.2) is 12.1 Å². The third-order valence-electron chi connectivity index (χ3n) is 5.52. The van der Waals surface area contributed by atoms with Crippen LogP contribution in [-0.4, -0.2) is 52.0 Å². The summed E-state index contributed by atoms with van der Waals surface area (Å²) in [6.45, 7) is 5.45. The maximum Gasteiger partial charge on any atom is 0.433 e. The average molecular weight is 456 g/mol. The number of primary amides is 1. The Labute approximate surface area is 183 Å². The van der Waals surface area contributed by atoms with Gasteiger partial charge in [-0.15, -0.1) is 0 Å². The lowest BCUT2D eigenvalue weighted by molar-refractivity contribution is -0.141. The van der Waals surface area contributed by atoms with Crippen LogP contribution in [0.3, 0.4) is 0 Å². The molecular weight excluding hydrogens is 429 g/mol. The first-order chi connectivity index (χ1) is 14.7. The van der Waals surface area contributed by atoms with E-state index in [1.165, 1.54) is 4.90 Å². The number of nitrogens with zero attached hydrogens (tertiary/aromatic N) is 2. The van der Waals surface area contributed by atoms with Crippen molar-refractivity contribution in [3.8, 4) is 0 Å². The molecule has 3 N–H and O–H groups in total. The number of piperidine rings is 1. The molecule has 1 saturated carbocycles. The number of pyridine rings is 1. The van der Waals surface area contributed by atoms with Crippen LogP contribution in [0, 0.1) is 0 Å². The molecule has 1 aromatic heterocycles. The van der Waals surface area contributed by atoms with Crippen molar-refractivity contribution in [3.63, 3.8) is 0 Å². The van der Waals surface area contributed by atoms with Crippen molar-refractivity contribution in [3.05, 3.63) is 29.1 Å². The summed E-state index contributed by atoms with van der Waals surface area (Å²) in [5.41, 5.74) is 2.48. The lowest BCUT2D eigenvalue weighted by Crippen LogP contribution is -2.63. The van der Waals surface area contributed by atoms with Gasteiger partial charge in [0.25, 0.3) is 5.91 Å². The van der Waals surface area contributed by atoms with Crippen molar-refractivity contribution in [1.29, 1.82) is 0 Å². The monoisotopic (exact) mass is 456 g/mol. The number of aromatic nitrogens is 1. The highest BCUT2D eigenvalue weighted by atomic mass is 19.4. The third-order valence-corrected chi connectivity index (χ3v) is 5.52. The molecule has 1 aliphatic carbocycles. The minimum Gasteiger partial charge on any atom is -0.444 e. The van der Waals surface area contributed by atoms with Crippen molar-refractivity contribution in [2.75, 3.05) is 13.1 Å². The minimum absolute atomic E-state index is 0.00398. The Bertz CT molecular complexity index is 915. The Balaban J connectivity index is 1.77. The van der Waals surface area contributed by atoms with Gasteiger partial charge in [-0.25, -0.2) is 9.78 Å². The number of likely N-dealkylation sites (tertiary alicyclic amines) is 1. The van der Waals surface area contributed by atoms with E-state index < -0.39 is 40.9 Å². The first-order valence-corrected chi connectivity index (χ1v) is 10.4. The Morgan fingerprint density at radius 1 is 1.16 bits per heavy atom. The molecule has 0 spiro atoms. The molecule has 1 aromatic rings. The zero-order valence-corrected chi connectivity index (χ0v) is 18.2. The second-order valence-electron chi connectivity index (χ2n) is 9.27. The lowest BCUT2D eigenvalue weighted by Gasteiger charge is -2.40. The summed E-state index contributed by atoms with van der Waals surface area (Å²) in [7, 11) is 0. The number of amides is 3. The van der Waals surface area contributed by atoms with Crippen LogP contribution in [0.25, 0.3) is 0 Å². The van der Waals surface area contributed by atoms with E-state index in [9.17, 15) is 27.6 Å². The molecule has 8 nitrogen and oxygen atoms in total. The number of carbonyl (C=O) groups is 3. The number of carbonyl (C=O) groups excluding carboxylic acids is 3. The molecule has 2 heterocycles. The van der Waals surface area contributed by atoms with Crippen LogP contribution >= 0.6 is 0 Å². The molecular formula is C21H27F3N4O4. The largest absolute Gasteiger partial charge is 0.444 e. The van der Waals surface area contributed by atoms with Crippen molar-refractivity contribution in [1.82, 2.24) is 15.2 Å². The van der Waals surface area contributed by atoms with E-state index in [-0.39, 0.29) is 43.1 Å². The topological polar surface area (TPSA) is 115 Å². The third kappa shape index (κ3) is 5.31. The molecule has 32 heavy (non-hydrogen) atoms. The van der Waals surface area contributed by atoms with Gasteiger partial charge in [-0.2, -0.15) is 13.2 Å². The van der Waals surface area contributed by atoms with Gasteiger partial charge in [-0.05, 0) is 58.6 Å². The zero-order chi connectivity index (χ0) is 23.9. The molecule has 0 bridgehead atoms. The summed E-state index contributed by atoms with van der Waals surface area (Å²) >= 11 is 0. The fraction of sp³-hybridized carbons (Fsp3) is 0.619. The molecule has 2 fully saturated rings. The molecule has 0 aromatic carbocycles. The van der Waals surface area contributed by atoms with Gasteiger partial charge in [0, 0.05) is 19.0 Å². The summed E-state index contributed by atoms with van der Waals surface area (Å²) in [6, 6.07) is 1.84. The Hall–Kier alpha value is -2.85. The van der Waals surface area contributed by atoms with Gasteiger partial charge in [0.15, 0.2) is 0 Å². The van der Waals surface area contributed by atoms with Gasteiger partial charge in [-0.1, -0.05) is 0 Å². The van der Waals surface area contributed by atoms with Crippen LogP contribution < -0.4 is 11.1 Å². The maximum absolute atomic E-state index is 13.1. The summed E-state index contributed by atoms with van der Waals surface area (Å²) < 4.78 is 44.5. The fourth-order valence-electron chi connectivity index (χ4n) is 3.61. The van der Waals surface area contributed by atoms with Crippen molar-refractivity contribution in [2.24, 2.45) is 5.73 Å². The molecule has 0 radical (unpaired) electrons. The Morgan fingerprint density at radius 3 is 2.22 bits per heavy atom. The number of hydrogen-bond donors (Lipinski definition) is 2. The Morgan fingerprint density at radius 2 is 1.75 bits per heavy atom. The maximum atomic E-state index is 13.1. The van der Waals surface area contributed by atoms with Crippen LogP contribution in [0.5, 0.6) is 0 Å². The van der Waals surface area contributed by atoms with E-state index in [2.05, 4.69) is 10.3 Å². The first-order valence-electron chi connectivity index (χ1n) is 10.4. The second kappa shape index (κ2) is 8.25. The number of nitrogens with two attached hydrogens (primary N) is 1. The van der Waals surface area contributed by atoms with E-state index in [0.717, 1.165) is 12.1 Å². The normalized spacial score (nSPS) is 18.8. The minimum atomic E-state index is -4.62. The number of alkyl halides is 3. The number of halogens is 3. The summed E-state index contributed by atoms with van der Waals surface area (Å²) in [5.74, 6) is -1.71. The summed E-state index contributed by atoms with van der Waals surface area (Å²) in [6.07, 6.45) is -3.77. The SMILES string of the molecule is CC(C)(C)OC(=O)N1CCC(NC(=O)c2ccc(C(F)(F)F)nc2C2CC2)(C(N)=O)CC1. The van der Waals surface area contributed by atoms with Gasteiger partial charge >= 0.3 is 12.3 Å². The van der Waals surface area contributed by atoms with Gasteiger partial charge in [0.2, 0.25) is 5.91 Å². The lowest BCUT2D eigenvalue weighted by atomic mass is 9.86. The van der Waals surface area contributed by atoms with E-state index in [0.29, 0.717) is 12.8 Å². The number of nitrogens with one attached hydrogen (secondary N) is 1.